The molecule has 0 radical (unpaired) electrons. The van der Waals surface area contributed by atoms with Crippen LogP contribution < -0.4 is 0 Å². The Bertz CT molecular complexity index is 223. The second kappa shape index (κ2) is 12.0. The predicted molar refractivity (Wildman–Crippen MR) is 60.9 cm³/mol. The molecular weight excluding hydrogens is 172 g/mol. The van der Waals surface area contributed by atoms with Gasteiger partial charge >= 0.3 is 0 Å². The summed E-state index contributed by atoms with van der Waals surface area (Å²) in [6.45, 7) is 2.27. The average molecular weight is 192 g/mol. The largest absolute Gasteiger partial charge is 0.392 e. The zero-order valence-corrected chi connectivity index (χ0v) is 9.05. The summed E-state index contributed by atoms with van der Waals surface area (Å²) in [5.41, 5.74) is 2.88. The minimum atomic E-state index is 0.0686. The topological polar surface area (TPSA) is 20.2 Å². The molecule has 0 amide bonds. The third kappa shape index (κ3) is 11.0. The first-order chi connectivity index (χ1) is 6.91. The fourth-order valence-electron chi connectivity index (χ4n) is 1.00. The van der Waals surface area contributed by atoms with Gasteiger partial charge in [-0.3, -0.25) is 0 Å². The second-order valence-electron chi connectivity index (χ2n) is 3.11. The van der Waals surface area contributed by atoms with E-state index < -0.39 is 0 Å². The van der Waals surface area contributed by atoms with Crippen LogP contribution in [0.5, 0.6) is 0 Å². The molecule has 0 atom stereocenters. The van der Waals surface area contributed by atoms with Gasteiger partial charge in [-0.2, -0.15) is 0 Å². The summed E-state index contributed by atoms with van der Waals surface area (Å²) in [7, 11) is 0. The van der Waals surface area contributed by atoms with Crippen molar-refractivity contribution < 1.29 is 5.11 Å². The van der Waals surface area contributed by atoms with Crippen molar-refractivity contribution in [3.63, 3.8) is 0 Å². The first-order valence-corrected chi connectivity index (χ1v) is 5.37. The van der Waals surface area contributed by atoms with Crippen molar-refractivity contribution in [2.24, 2.45) is 0 Å². The Balaban J connectivity index is 3.30. The summed E-state index contributed by atoms with van der Waals surface area (Å²) >= 11 is 0. The zero-order chi connectivity index (χ0) is 10.5. The van der Waals surface area contributed by atoms with E-state index in [9.17, 15) is 0 Å². The summed E-state index contributed by atoms with van der Waals surface area (Å²) < 4.78 is 0. The van der Waals surface area contributed by atoms with Crippen LogP contribution in [0.2, 0.25) is 0 Å². The quantitative estimate of drug-likeness (QED) is 0.389. The average Bonchev–Trinajstić information content (AvgIpc) is 2.21. The van der Waals surface area contributed by atoms with Crippen LogP contribution in [0.25, 0.3) is 0 Å². The molecule has 0 spiro atoms. The molecule has 0 rings (SSSR count). The highest BCUT2D eigenvalue weighted by Crippen LogP contribution is 1.97. The van der Waals surface area contributed by atoms with Gasteiger partial charge < -0.3 is 5.11 Å². The van der Waals surface area contributed by atoms with Crippen molar-refractivity contribution >= 4 is 0 Å². The highest BCUT2D eigenvalue weighted by Gasteiger charge is 1.80. The van der Waals surface area contributed by atoms with Crippen molar-refractivity contribution in [1.82, 2.24) is 0 Å². The summed E-state index contributed by atoms with van der Waals surface area (Å²) in [5, 5.41) is 8.42. The van der Waals surface area contributed by atoms with Gasteiger partial charge in [-0.05, 0) is 25.0 Å². The van der Waals surface area contributed by atoms with Gasteiger partial charge in [0.1, 0.15) is 0 Å². The van der Waals surface area contributed by atoms with Gasteiger partial charge in [0.25, 0.3) is 0 Å². The normalized spacial score (nSPS) is 8.43. The molecule has 0 unspecified atom stereocenters. The van der Waals surface area contributed by atoms with E-state index >= 15 is 0 Å². The van der Waals surface area contributed by atoms with Crippen LogP contribution in [0.4, 0.5) is 0 Å². The SMILES string of the molecule is CCCCCC#CCCC=C=CCO. The third-order valence-corrected chi connectivity index (χ3v) is 1.77. The van der Waals surface area contributed by atoms with Crippen molar-refractivity contribution in [2.45, 2.75) is 45.4 Å². The number of hydrogen-bond acceptors (Lipinski definition) is 1. The van der Waals surface area contributed by atoms with Crippen molar-refractivity contribution in [3.8, 4) is 11.8 Å². The molecule has 0 aromatic carbocycles. The van der Waals surface area contributed by atoms with E-state index in [-0.39, 0.29) is 6.61 Å². The number of unbranched alkanes of at least 4 members (excludes halogenated alkanes) is 4. The monoisotopic (exact) mass is 192 g/mol. The number of aliphatic hydroxyl groups is 1. The molecule has 0 aromatic heterocycles. The minimum Gasteiger partial charge on any atom is -0.392 e. The highest BCUT2D eigenvalue weighted by atomic mass is 16.2. The van der Waals surface area contributed by atoms with Crippen LogP contribution >= 0.6 is 0 Å². The maximum atomic E-state index is 8.42. The van der Waals surface area contributed by atoms with E-state index in [4.69, 9.17) is 5.11 Å². The lowest BCUT2D eigenvalue weighted by molar-refractivity contribution is 0.343. The highest BCUT2D eigenvalue weighted by molar-refractivity contribution is 5.00. The van der Waals surface area contributed by atoms with Gasteiger partial charge in [0, 0.05) is 12.8 Å². The predicted octanol–water partition coefficient (Wildman–Crippen LogP) is 3.05. The maximum Gasteiger partial charge on any atom is 0.0686 e. The van der Waals surface area contributed by atoms with Gasteiger partial charge in [-0.1, -0.05) is 19.8 Å². The lowest BCUT2D eigenvalue weighted by Crippen LogP contribution is -1.71. The van der Waals surface area contributed by atoms with Gasteiger partial charge in [0.2, 0.25) is 0 Å². The first kappa shape index (κ1) is 13.0. The molecule has 1 nitrogen and oxygen atoms in total. The molecule has 0 aliphatic heterocycles. The Hall–Kier alpha value is -0.960. The molecular formula is C13H20O. The zero-order valence-electron chi connectivity index (χ0n) is 9.05. The van der Waals surface area contributed by atoms with Crippen molar-refractivity contribution in [3.05, 3.63) is 17.9 Å². The standard InChI is InChI=1S/C13H20O/c1-2-3-4-5-6-7-8-9-10-11-12-13-14/h10,12,14H,2-5,8-9,13H2,1H3. The molecule has 0 saturated carbocycles. The van der Waals surface area contributed by atoms with E-state index in [1.165, 1.54) is 19.3 Å². The lowest BCUT2D eigenvalue weighted by atomic mass is 10.2. The molecule has 1 heteroatoms. The molecule has 0 aromatic rings. The molecule has 0 fully saturated rings. The third-order valence-electron chi connectivity index (χ3n) is 1.77. The second-order valence-corrected chi connectivity index (χ2v) is 3.11. The molecule has 78 valence electrons. The smallest absolute Gasteiger partial charge is 0.0686 e. The molecule has 14 heavy (non-hydrogen) atoms. The minimum absolute atomic E-state index is 0.0686. The Kier molecular flexibility index (Phi) is 11.2. The van der Waals surface area contributed by atoms with Gasteiger partial charge in [-0.25, -0.2) is 0 Å². The summed E-state index contributed by atoms with van der Waals surface area (Å²) in [4.78, 5) is 0. The van der Waals surface area contributed by atoms with Crippen LogP contribution in [0.3, 0.4) is 0 Å². The lowest BCUT2D eigenvalue weighted by Gasteiger charge is -1.88. The Morgan fingerprint density at radius 3 is 2.57 bits per heavy atom. The molecule has 0 saturated heterocycles. The number of rotatable bonds is 6. The number of hydrogen-bond donors (Lipinski definition) is 1. The van der Waals surface area contributed by atoms with Crippen LogP contribution in [0.1, 0.15) is 45.4 Å². The molecule has 0 bridgehead atoms. The summed E-state index contributed by atoms with van der Waals surface area (Å²) in [5.74, 6) is 6.28. The Morgan fingerprint density at radius 1 is 1.07 bits per heavy atom. The van der Waals surface area contributed by atoms with E-state index in [0.29, 0.717) is 0 Å². The first-order valence-electron chi connectivity index (χ1n) is 5.37. The van der Waals surface area contributed by atoms with Gasteiger partial charge in [0.15, 0.2) is 0 Å². The van der Waals surface area contributed by atoms with Crippen molar-refractivity contribution in [1.29, 1.82) is 0 Å². The van der Waals surface area contributed by atoms with E-state index in [2.05, 4.69) is 24.5 Å². The van der Waals surface area contributed by atoms with E-state index in [0.717, 1.165) is 19.3 Å². The van der Waals surface area contributed by atoms with E-state index in [1.54, 1.807) is 6.08 Å². The van der Waals surface area contributed by atoms with Crippen LogP contribution in [0.15, 0.2) is 17.9 Å². The summed E-state index contributed by atoms with van der Waals surface area (Å²) in [6.07, 6.45) is 10.2. The van der Waals surface area contributed by atoms with Crippen molar-refractivity contribution in [2.75, 3.05) is 6.61 Å². The Morgan fingerprint density at radius 2 is 1.86 bits per heavy atom. The van der Waals surface area contributed by atoms with Crippen LogP contribution in [-0.2, 0) is 0 Å². The molecule has 0 aliphatic rings. The molecule has 0 heterocycles. The molecule has 1 N–H and O–H groups in total. The summed E-state index contributed by atoms with van der Waals surface area (Å²) in [6, 6.07) is 0. The maximum absolute atomic E-state index is 8.42. The fraction of sp³-hybridized carbons (Fsp3) is 0.615. The van der Waals surface area contributed by atoms with E-state index in [1.807, 2.05) is 6.08 Å². The van der Waals surface area contributed by atoms with Crippen LogP contribution in [0, 0.1) is 11.8 Å². The fourth-order valence-corrected chi connectivity index (χ4v) is 1.00. The molecule has 0 aliphatic carbocycles. The van der Waals surface area contributed by atoms with Crippen LogP contribution in [-0.4, -0.2) is 11.7 Å². The van der Waals surface area contributed by atoms with Gasteiger partial charge in [0.05, 0.1) is 6.61 Å². The number of aliphatic hydroxyl groups excluding tert-OH is 1. The van der Waals surface area contributed by atoms with Gasteiger partial charge in [-0.15, -0.1) is 17.6 Å². The Labute approximate surface area is 87.5 Å².